The molecule has 0 radical (unpaired) electrons. The van der Waals surface area contributed by atoms with Crippen LogP contribution < -0.4 is 24.4 Å². The Morgan fingerprint density at radius 3 is 2.52 bits per heavy atom. The van der Waals surface area contributed by atoms with Crippen molar-refractivity contribution in [2.75, 3.05) is 13.7 Å². The van der Waals surface area contributed by atoms with E-state index in [1.54, 1.807) is 37.7 Å². The van der Waals surface area contributed by atoms with Crippen molar-refractivity contribution in [2.24, 2.45) is 4.99 Å². The number of halogens is 1. The van der Waals surface area contributed by atoms with E-state index in [9.17, 15) is 9.59 Å². The molecule has 4 aromatic rings. The van der Waals surface area contributed by atoms with E-state index in [4.69, 9.17) is 25.8 Å². The quantitative estimate of drug-likeness (QED) is 0.276. The van der Waals surface area contributed by atoms with Crippen molar-refractivity contribution < 1.29 is 19.0 Å². The number of carbonyl (C=O) groups is 1. The van der Waals surface area contributed by atoms with Crippen molar-refractivity contribution in [2.45, 2.75) is 26.5 Å². The summed E-state index contributed by atoms with van der Waals surface area (Å²) in [5.74, 6) is 0.637. The lowest BCUT2D eigenvalue weighted by atomic mass is 9.96. The minimum Gasteiger partial charge on any atom is -0.493 e. The largest absolute Gasteiger partial charge is 0.493 e. The first-order chi connectivity index (χ1) is 19.4. The van der Waals surface area contributed by atoms with Gasteiger partial charge in [-0.1, -0.05) is 71.5 Å². The second kappa shape index (κ2) is 11.9. The second-order valence-electron chi connectivity index (χ2n) is 9.04. The highest BCUT2D eigenvalue weighted by Gasteiger charge is 2.33. The zero-order chi connectivity index (χ0) is 28.2. The Morgan fingerprint density at radius 1 is 1.07 bits per heavy atom. The number of hydrogen-bond acceptors (Lipinski definition) is 7. The number of ether oxygens (including phenoxy) is 3. The van der Waals surface area contributed by atoms with Crippen LogP contribution in [0.15, 0.2) is 93.9 Å². The summed E-state index contributed by atoms with van der Waals surface area (Å²) < 4.78 is 18.9. The molecule has 1 aliphatic heterocycles. The molecule has 0 aliphatic carbocycles. The summed E-state index contributed by atoms with van der Waals surface area (Å²) in [5.41, 5.74) is 3.16. The Bertz CT molecular complexity index is 1760. The third-order valence-corrected chi connectivity index (χ3v) is 7.66. The first-order valence-electron chi connectivity index (χ1n) is 12.7. The van der Waals surface area contributed by atoms with Crippen LogP contribution in [0.2, 0.25) is 5.02 Å². The van der Waals surface area contributed by atoms with Gasteiger partial charge in [0.15, 0.2) is 16.3 Å². The van der Waals surface area contributed by atoms with Gasteiger partial charge in [0.2, 0.25) is 0 Å². The van der Waals surface area contributed by atoms with Crippen molar-refractivity contribution in [3.05, 3.63) is 125 Å². The van der Waals surface area contributed by atoms with Gasteiger partial charge >= 0.3 is 5.97 Å². The fourth-order valence-corrected chi connectivity index (χ4v) is 5.70. The van der Waals surface area contributed by atoms with E-state index in [2.05, 4.69) is 4.99 Å². The number of methoxy groups -OCH3 is 1. The molecule has 1 unspecified atom stereocenters. The lowest BCUT2D eigenvalue weighted by Gasteiger charge is -2.24. The van der Waals surface area contributed by atoms with Crippen LogP contribution in [0.5, 0.6) is 11.5 Å². The molecule has 5 rings (SSSR count). The highest BCUT2D eigenvalue weighted by Crippen LogP contribution is 2.31. The summed E-state index contributed by atoms with van der Waals surface area (Å²) >= 11 is 7.26. The van der Waals surface area contributed by atoms with Gasteiger partial charge in [0.05, 0.1) is 35.6 Å². The van der Waals surface area contributed by atoms with Crippen molar-refractivity contribution in [1.82, 2.24) is 4.57 Å². The highest BCUT2D eigenvalue weighted by molar-refractivity contribution is 7.07. The molecule has 7 nitrogen and oxygen atoms in total. The van der Waals surface area contributed by atoms with E-state index in [1.165, 1.54) is 11.3 Å². The molecule has 0 amide bonds. The SMILES string of the molecule is CCOC(=O)C1=C(C)N=c2sc(=Cc3ccc(OC)c(OCc4ccc(Cl)cc4)c3)c(=O)n2C1c1ccccc1. The van der Waals surface area contributed by atoms with Gasteiger partial charge < -0.3 is 14.2 Å². The molecule has 0 fully saturated rings. The van der Waals surface area contributed by atoms with E-state index in [0.29, 0.717) is 43.7 Å². The Kier molecular flexibility index (Phi) is 8.19. The molecule has 2 heterocycles. The van der Waals surface area contributed by atoms with Crippen LogP contribution in [0.4, 0.5) is 0 Å². The van der Waals surface area contributed by atoms with Crippen molar-refractivity contribution >= 4 is 35.0 Å². The third-order valence-electron chi connectivity index (χ3n) is 6.43. The summed E-state index contributed by atoms with van der Waals surface area (Å²) in [6.07, 6.45) is 1.80. The Labute approximate surface area is 240 Å². The molecular weight excluding hydrogens is 548 g/mol. The lowest BCUT2D eigenvalue weighted by molar-refractivity contribution is -0.139. The number of fused-ring (bicyclic) bond motifs is 1. The van der Waals surface area contributed by atoms with E-state index in [0.717, 1.165) is 16.7 Å². The number of thiazole rings is 1. The topological polar surface area (TPSA) is 79.1 Å². The van der Waals surface area contributed by atoms with E-state index in [1.807, 2.05) is 66.7 Å². The minimum absolute atomic E-state index is 0.224. The zero-order valence-electron chi connectivity index (χ0n) is 22.2. The summed E-state index contributed by atoms with van der Waals surface area (Å²) in [6.45, 7) is 4.07. The molecule has 1 aliphatic rings. The molecular formula is C31H27ClN2O5S. The first kappa shape index (κ1) is 27.4. The number of rotatable bonds is 8. The molecule has 1 aromatic heterocycles. The highest BCUT2D eigenvalue weighted by atomic mass is 35.5. The normalized spacial score (nSPS) is 14.9. The van der Waals surface area contributed by atoms with Crippen molar-refractivity contribution in [1.29, 1.82) is 0 Å². The molecule has 9 heteroatoms. The number of benzene rings is 3. The number of hydrogen-bond donors (Lipinski definition) is 0. The van der Waals surface area contributed by atoms with Gasteiger partial charge in [-0.25, -0.2) is 9.79 Å². The first-order valence-corrected chi connectivity index (χ1v) is 13.9. The van der Waals surface area contributed by atoms with E-state index >= 15 is 0 Å². The van der Waals surface area contributed by atoms with Crippen LogP contribution >= 0.6 is 22.9 Å². The van der Waals surface area contributed by atoms with Crippen LogP contribution in [0.3, 0.4) is 0 Å². The summed E-state index contributed by atoms with van der Waals surface area (Å²) in [6, 6.07) is 21.7. The second-order valence-corrected chi connectivity index (χ2v) is 10.5. The average molecular weight is 575 g/mol. The number of allylic oxidation sites excluding steroid dienone is 1. The van der Waals surface area contributed by atoms with Gasteiger partial charge in [0.25, 0.3) is 5.56 Å². The number of nitrogens with zero attached hydrogens (tertiary/aromatic N) is 2. The number of esters is 1. The maximum atomic E-state index is 13.8. The van der Waals surface area contributed by atoms with Gasteiger partial charge in [-0.2, -0.15) is 0 Å². The van der Waals surface area contributed by atoms with Gasteiger partial charge in [0.1, 0.15) is 6.61 Å². The van der Waals surface area contributed by atoms with Crippen LogP contribution in [0.1, 0.15) is 36.6 Å². The Morgan fingerprint density at radius 2 is 1.82 bits per heavy atom. The van der Waals surface area contributed by atoms with Gasteiger partial charge in [-0.15, -0.1) is 0 Å². The fraction of sp³-hybridized carbons (Fsp3) is 0.194. The van der Waals surface area contributed by atoms with Crippen LogP contribution in [0, 0.1) is 0 Å². The van der Waals surface area contributed by atoms with Gasteiger partial charge in [-0.05, 0) is 60.9 Å². The molecule has 0 saturated heterocycles. The summed E-state index contributed by atoms with van der Waals surface area (Å²) in [4.78, 5) is 32.0. The number of carbonyl (C=O) groups excluding carboxylic acids is 1. The van der Waals surface area contributed by atoms with Crippen LogP contribution in [-0.4, -0.2) is 24.3 Å². The predicted molar refractivity (Wildman–Crippen MR) is 156 cm³/mol. The standard InChI is InChI=1S/C31H27ClN2O5S/c1-4-38-30(36)27-19(2)33-31-34(28(27)22-8-6-5-7-9-22)29(35)26(40-31)17-21-12-15-24(37-3)25(16-21)39-18-20-10-13-23(32)14-11-20/h5-17,28H,4,18H2,1-3H3. The summed E-state index contributed by atoms with van der Waals surface area (Å²) in [7, 11) is 1.58. The molecule has 0 N–H and O–H groups in total. The summed E-state index contributed by atoms with van der Waals surface area (Å²) in [5, 5.41) is 0.656. The van der Waals surface area contributed by atoms with Crippen molar-refractivity contribution in [3.63, 3.8) is 0 Å². The zero-order valence-corrected chi connectivity index (χ0v) is 23.8. The Balaban J connectivity index is 1.56. The maximum absolute atomic E-state index is 13.8. The smallest absolute Gasteiger partial charge is 0.338 e. The Hall–Kier alpha value is -4.14. The van der Waals surface area contributed by atoms with Gasteiger partial charge in [0, 0.05) is 5.02 Å². The molecule has 204 valence electrons. The molecule has 0 spiro atoms. The molecule has 1 atom stereocenters. The van der Waals surface area contributed by atoms with Crippen LogP contribution in [0.25, 0.3) is 6.08 Å². The fourth-order valence-electron chi connectivity index (χ4n) is 4.53. The molecule has 3 aromatic carbocycles. The molecule has 0 saturated carbocycles. The monoisotopic (exact) mass is 574 g/mol. The van der Waals surface area contributed by atoms with Gasteiger partial charge in [-0.3, -0.25) is 9.36 Å². The lowest BCUT2D eigenvalue weighted by Crippen LogP contribution is -2.39. The predicted octanol–water partition coefficient (Wildman–Crippen LogP) is 5.04. The maximum Gasteiger partial charge on any atom is 0.338 e. The van der Waals surface area contributed by atoms with Crippen molar-refractivity contribution in [3.8, 4) is 11.5 Å². The third kappa shape index (κ3) is 5.59. The average Bonchev–Trinajstić information content (AvgIpc) is 3.26. The molecule has 0 bridgehead atoms. The van der Waals surface area contributed by atoms with E-state index < -0.39 is 12.0 Å². The van der Waals surface area contributed by atoms with E-state index in [-0.39, 0.29) is 12.2 Å². The minimum atomic E-state index is -0.646. The molecule has 40 heavy (non-hydrogen) atoms. The number of aromatic nitrogens is 1. The van der Waals surface area contributed by atoms with Crippen LogP contribution in [-0.2, 0) is 16.1 Å².